The first-order valence-electron chi connectivity index (χ1n) is 5.46. The lowest BCUT2D eigenvalue weighted by molar-refractivity contribution is 0.0913. The number of hydrogen-bond donors (Lipinski definition) is 0. The molecule has 1 atom stereocenters. The molecular formula is C13H16O3. The van der Waals surface area contributed by atoms with Crippen molar-refractivity contribution in [3.05, 3.63) is 23.3 Å². The molecule has 0 saturated heterocycles. The number of rotatable bonds is 2. The molecule has 0 aromatic heterocycles. The zero-order valence-corrected chi connectivity index (χ0v) is 9.87. The van der Waals surface area contributed by atoms with Gasteiger partial charge in [-0.3, -0.25) is 4.79 Å². The van der Waals surface area contributed by atoms with Crippen LogP contribution in [0.1, 0.15) is 29.3 Å². The lowest BCUT2D eigenvalue weighted by Crippen LogP contribution is -2.20. The number of carbonyl (C=O) groups excluding carboxylic acids is 1. The summed E-state index contributed by atoms with van der Waals surface area (Å²) in [5.74, 6) is 1.65. The van der Waals surface area contributed by atoms with Gasteiger partial charge in [0.05, 0.1) is 14.2 Å². The summed E-state index contributed by atoms with van der Waals surface area (Å²) in [7, 11) is 3.19. The van der Waals surface area contributed by atoms with Gasteiger partial charge in [0.1, 0.15) is 0 Å². The van der Waals surface area contributed by atoms with E-state index in [0.717, 1.165) is 24.0 Å². The van der Waals surface area contributed by atoms with Crippen molar-refractivity contribution in [2.45, 2.75) is 19.8 Å². The number of Topliss-reactive ketones (excluding diaryl/α,β-unsaturated/α-hetero) is 1. The van der Waals surface area contributed by atoms with Crippen LogP contribution in [0.2, 0.25) is 0 Å². The number of benzene rings is 1. The molecule has 0 spiro atoms. The highest BCUT2D eigenvalue weighted by Gasteiger charge is 2.25. The Morgan fingerprint density at radius 1 is 1.19 bits per heavy atom. The average molecular weight is 220 g/mol. The maximum atomic E-state index is 12.0. The van der Waals surface area contributed by atoms with Crippen LogP contribution in [0.5, 0.6) is 11.5 Å². The quantitative estimate of drug-likeness (QED) is 0.768. The third-order valence-corrected chi connectivity index (χ3v) is 3.17. The van der Waals surface area contributed by atoms with E-state index < -0.39 is 0 Å². The van der Waals surface area contributed by atoms with Crippen molar-refractivity contribution in [1.82, 2.24) is 0 Å². The second-order valence-corrected chi connectivity index (χ2v) is 4.17. The summed E-state index contributed by atoms with van der Waals surface area (Å²) < 4.78 is 10.4. The number of aryl methyl sites for hydroxylation is 1. The summed E-state index contributed by atoms with van der Waals surface area (Å²) in [5.41, 5.74) is 1.86. The van der Waals surface area contributed by atoms with Gasteiger partial charge in [-0.05, 0) is 30.5 Å². The first kappa shape index (κ1) is 11.0. The molecule has 0 fully saturated rings. The van der Waals surface area contributed by atoms with Crippen molar-refractivity contribution >= 4 is 5.78 Å². The van der Waals surface area contributed by atoms with Crippen molar-refractivity contribution in [3.63, 3.8) is 0 Å². The summed E-state index contributed by atoms with van der Waals surface area (Å²) in [6, 6.07) is 3.71. The Balaban J connectivity index is 2.52. The standard InChI is InChI=1S/C13H16O3/c1-8-4-5-9-6-11(15-2)12(16-3)7-10(9)13(8)14/h6-8H,4-5H2,1-3H3. The smallest absolute Gasteiger partial charge is 0.166 e. The number of fused-ring (bicyclic) bond motifs is 1. The molecule has 1 aliphatic rings. The van der Waals surface area contributed by atoms with Crippen LogP contribution in [-0.4, -0.2) is 20.0 Å². The van der Waals surface area contributed by atoms with Crippen LogP contribution in [-0.2, 0) is 6.42 Å². The van der Waals surface area contributed by atoms with E-state index in [1.54, 1.807) is 20.3 Å². The van der Waals surface area contributed by atoms with Crippen molar-refractivity contribution < 1.29 is 14.3 Å². The molecule has 3 heteroatoms. The minimum absolute atomic E-state index is 0.116. The van der Waals surface area contributed by atoms with E-state index in [2.05, 4.69) is 0 Å². The number of hydrogen-bond acceptors (Lipinski definition) is 3. The molecule has 1 aromatic carbocycles. The topological polar surface area (TPSA) is 35.5 Å². The van der Waals surface area contributed by atoms with Gasteiger partial charge in [-0.2, -0.15) is 0 Å². The summed E-state index contributed by atoms with van der Waals surface area (Å²) in [4.78, 5) is 12.0. The molecule has 86 valence electrons. The third kappa shape index (κ3) is 1.66. The van der Waals surface area contributed by atoms with Crippen LogP contribution < -0.4 is 9.47 Å². The molecule has 0 bridgehead atoms. The largest absolute Gasteiger partial charge is 0.493 e. The predicted octanol–water partition coefficient (Wildman–Crippen LogP) is 2.47. The molecule has 3 nitrogen and oxygen atoms in total. The van der Waals surface area contributed by atoms with Crippen LogP contribution in [0.4, 0.5) is 0 Å². The number of methoxy groups -OCH3 is 2. The molecule has 0 heterocycles. The van der Waals surface area contributed by atoms with Crippen LogP contribution in [0, 0.1) is 5.92 Å². The molecule has 0 N–H and O–H groups in total. The van der Waals surface area contributed by atoms with Crippen molar-refractivity contribution in [2.24, 2.45) is 5.92 Å². The Kier molecular flexibility index (Phi) is 2.86. The van der Waals surface area contributed by atoms with Gasteiger partial charge in [0.25, 0.3) is 0 Å². The van der Waals surface area contributed by atoms with E-state index in [4.69, 9.17) is 9.47 Å². The normalized spacial score (nSPS) is 19.2. The summed E-state index contributed by atoms with van der Waals surface area (Å²) in [6.07, 6.45) is 1.85. The van der Waals surface area contributed by atoms with Gasteiger partial charge in [-0.25, -0.2) is 0 Å². The Morgan fingerprint density at radius 3 is 2.44 bits per heavy atom. The van der Waals surface area contributed by atoms with Crippen molar-refractivity contribution in [3.8, 4) is 11.5 Å². The van der Waals surface area contributed by atoms with E-state index >= 15 is 0 Å². The lowest BCUT2D eigenvalue weighted by atomic mass is 9.83. The Labute approximate surface area is 95.4 Å². The fourth-order valence-electron chi connectivity index (χ4n) is 2.13. The van der Waals surface area contributed by atoms with Crippen molar-refractivity contribution in [2.75, 3.05) is 14.2 Å². The monoisotopic (exact) mass is 220 g/mol. The van der Waals surface area contributed by atoms with Gasteiger partial charge in [-0.15, -0.1) is 0 Å². The molecule has 0 aliphatic heterocycles. The predicted molar refractivity (Wildman–Crippen MR) is 61.4 cm³/mol. The maximum absolute atomic E-state index is 12.0. The SMILES string of the molecule is COc1cc2c(cc1OC)C(=O)C(C)CC2. The fourth-order valence-corrected chi connectivity index (χ4v) is 2.13. The fraction of sp³-hybridized carbons (Fsp3) is 0.462. The zero-order chi connectivity index (χ0) is 11.7. The highest BCUT2D eigenvalue weighted by molar-refractivity contribution is 6.00. The van der Waals surface area contributed by atoms with E-state index in [1.807, 2.05) is 13.0 Å². The molecule has 1 unspecified atom stereocenters. The van der Waals surface area contributed by atoms with Crippen LogP contribution in [0.15, 0.2) is 12.1 Å². The van der Waals surface area contributed by atoms with Crippen LogP contribution >= 0.6 is 0 Å². The summed E-state index contributed by atoms with van der Waals surface area (Å²) in [6.45, 7) is 1.97. The minimum Gasteiger partial charge on any atom is -0.493 e. The van der Waals surface area contributed by atoms with Gasteiger partial charge < -0.3 is 9.47 Å². The molecule has 0 amide bonds. The van der Waals surface area contributed by atoms with Gasteiger partial charge in [0.2, 0.25) is 0 Å². The van der Waals surface area contributed by atoms with E-state index in [1.165, 1.54) is 0 Å². The highest BCUT2D eigenvalue weighted by atomic mass is 16.5. The molecule has 16 heavy (non-hydrogen) atoms. The Bertz CT molecular complexity index is 423. The molecule has 2 rings (SSSR count). The molecule has 1 aromatic rings. The summed E-state index contributed by atoms with van der Waals surface area (Å²) >= 11 is 0. The highest BCUT2D eigenvalue weighted by Crippen LogP contribution is 2.35. The second kappa shape index (κ2) is 4.16. The first-order chi connectivity index (χ1) is 7.67. The van der Waals surface area contributed by atoms with Gasteiger partial charge in [0.15, 0.2) is 17.3 Å². The van der Waals surface area contributed by atoms with Crippen LogP contribution in [0.3, 0.4) is 0 Å². The van der Waals surface area contributed by atoms with Crippen molar-refractivity contribution in [1.29, 1.82) is 0 Å². The number of ketones is 1. The average Bonchev–Trinajstić information content (AvgIpc) is 2.32. The third-order valence-electron chi connectivity index (χ3n) is 3.17. The van der Waals surface area contributed by atoms with Gasteiger partial charge in [0, 0.05) is 11.5 Å². The molecule has 1 aliphatic carbocycles. The van der Waals surface area contributed by atoms with E-state index in [9.17, 15) is 4.79 Å². The molecule has 0 radical (unpaired) electrons. The Morgan fingerprint density at radius 2 is 1.81 bits per heavy atom. The number of carbonyl (C=O) groups is 1. The second-order valence-electron chi connectivity index (χ2n) is 4.17. The van der Waals surface area contributed by atoms with Gasteiger partial charge in [-0.1, -0.05) is 6.92 Å². The first-order valence-corrected chi connectivity index (χ1v) is 5.46. The van der Waals surface area contributed by atoms with E-state index in [-0.39, 0.29) is 11.7 Å². The van der Waals surface area contributed by atoms with E-state index in [0.29, 0.717) is 11.5 Å². The zero-order valence-electron chi connectivity index (χ0n) is 9.87. The van der Waals surface area contributed by atoms with Gasteiger partial charge >= 0.3 is 0 Å². The van der Waals surface area contributed by atoms with Crippen LogP contribution in [0.25, 0.3) is 0 Å². The minimum atomic E-state index is 0.116. The molecule has 0 saturated carbocycles. The maximum Gasteiger partial charge on any atom is 0.166 e. The Hall–Kier alpha value is -1.51. The lowest BCUT2D eigenvalue weighted by Gasteiger charge is -2.21. The molecular weight excluding hydrogens is 204 g/mol. The summed E-state index contributed by atoms with van der Waals surface area (Å²) in [5, 5.41) is 0. The number of ether oxygens (including phenoxy) is 2.